The number of benzene rings is 1. The highest BCUT2D eigenvalue weighted by atomic mass is 32.2. The number of carbonyl (C=O) groups is 1. The van der Waals surface area contributed by atoms with Crippen molar-refractivity contribution in [2.45, 2.75) is 32.5 Å². The number of thioether (sulfide) groups is 1. The van der Waals surface area contributed by atoms with Crippen molar-refractivity contribution in [3.05, 3.63) is 71.3 Å². The zero-order valence-electron chi connectivity index (χ0n) is 15.2. The molecule has 0 aliphatic carbocycles. The number of nitrogens with one attached hydrogen (secondary N) is 1. The number of rotatable bonds is 6. The zero-order chi connectivity index (χ0) is 18.5. The van der Waals surface area contributed by atoms with Crippen molar-refractivity contribution in [2.75, 3.05) is 5.75 Å². The predicted octanol–water partition coefficient (Wildman–Crippen LogP) is 3.60. The van der Waals surface area contributed by atoms with Gasteiger partial charge in [0, 0.05) is 23.8 Å². The van der Waals surface area contributed by atoms with Crippen LogP contribution in [0.15, 0.2) is 53.9 Å². The molecule has 2 aromatic heterocycles. The summed E-state index contributed by atoms with van der Waals surface area (Å²) in [6, 6.07) is 12.2. The maximum atomic E-state index is 12.2. The molecule has 134 valence electrons. The zero-order valence-corrected chi connectivity index (χ0v) is 16.0. The van der Waals surface area contributed by atoms with Crippen LogP contribution in [0.5, 0.6) is 0 Å². The van der Waals surface area contributed by atoms with Crippen LogP contribution in [0.3, 0.4) is 0 Å². The van der Waals surface area contributed by atoms with E-state index in [1.54, 1.807) is 6.20 Å². The minimum Gasteiger partial charge on any atom is -0.350 e. The van der Waals surface area contributed by atoms with Crippen LogP contribution >= 0.6 is 11.8 Å². The summed E-state index contributed by atoms with van der Waals surface area (Å²) in [5.41, 5.74) is 5.27. The van der Waals surface area contributed by atoms with Gasteiger partial charge in [0.25, 0.3) is 0 Å². The molecule has 0 bridgehead atoms. The summed E-state index contributed by atoms with van der Waals surface area (Å²) in [4.78, 5) is 20.9. The Kier molecular flexibility index (Phi) is 5.73. The number of nitrogens with zero attached hydrogens (tertiary/aromatic N) is 3. The van der Waals surface area contributed by atoms with Crippen molar-refractivity contribution in [1.29, 1.82) is 0 Å². The standard InChI is InChI=1S/C20H22N4OS/c1-14-9-15(2)11-18(10-14)24-8-7-21-20(24)26-13-19(25)22-12-17-6-4-5-16(3)23-17/h4-11H,12-13H2,1-3H3,(H,22,25). The number of aromatic nitrogens is 3. The molecule has 1 amide bonds. The highest BCUT2D eigenvalue weighted by Crippen LogP contribution is 2.22. The Morgan fingerprint density at radius 3 is 2.65 bits per heavy atom. The first-order valence-electron chi connectivity index (χ1n) is 8.45. The monoisotopic (exact) mass is 366 g/mol. The van der Waals surface area contributed by atoms with Gasteiger partial charge in [-0.3, -0.25) is 14.3 Å². The van der Waals surface area contributed by atoms with Crippen LogP contribution in [0.1, 0.15) is 22.5 Å². The third-order valence-electron chi connectivity index (χ3n) is 3.84. The molecule has 0 saturated carbocycles. The lowest BCUT2D eigenvalue weighted by atomic mass is 10.1. The van der Waals surface area contributed by atoms with E-state index in [2.05, 4.69) is 47.3 Å². The van der Waals surface area contributed by atoms with Crippen LogP contribution in [-0.4, -0.2) is 26.2 Å². The van der Waals surface area contributed by atoms with Gasteiger partial charge in [0.2, 0.25) is 5.91 Å². The van der Waals surface area contributed by atoms with Gasteiger partial charge in [0.15, 0.2) is 5.16 Å². The summed E-state index contributed by atoms with van der Waals surface area (Å²) in [6.45, 7) is 6.53. The molecular formula is C20H22N4OS. The smallest absolute Gasteiger partial charge is 0.230 e. The van der Waals surface area contributed by atoms with E-state index in [9.17, 15) is 4.79 Å². The second-order valence-corrected chi connectivity index (χ2v) is 7.20. The molecule has 0 atom stereocenters. The number of hydrogen-bond acceptors (Lipinski definition) is 4. The highest BCUT2D eigenvalue weighted by Gasteiger charge is 2.10. The summed E-state index contributed by atoms with van der Waals surface area (Å²) in [6.07, 6.45) is 3.68. The quantitative estimate of drug-likeness (QED) is 0.677. The van der Waals surface area contributed by atoms with Gasteiger partial charge in [-0.05, 0) is 56.2 Å². The molecule has 3 rings (SSSR count). The maximum Gasteiger partial charge on any atom is 0.230 e. The van der Waals surface area contributed by atoms with Crippen molar-refractivity contribution in [1.82, 2.24) is 19.9 Å². The van der Waals surface area contributed by atoms with E-state index >= 15 is 0 Å². The van der Waals surface area contributed by atoms with Gasteiger partial charge in [-0.2, -0.15) is 0 Å². The maximum absolute atomic E-state index is 12.2. The lowest BCUT2D eigenvalue weighted by molar-refractivity contribution is -0.118. The molecule has 1 aromatic carbocycles. The molecule has 0 fully saturated rings. The van der Waals surface area contributed by atoms with Crippen LogP contribution in [0.2, 0.25) is 0 Å². The van der Waals surface area contributed by atoms with Crippen LogP contribution in [0, 0.1) is 20.8 Å². The number of aryl methyl sites for hydroxylation is 3. The Balaban J connectivity index is 1.60. The average Bonchev–Trinajstić information content (AvgIpc) is 3.06. The molecule has 0 aliphatic rings. The second kappa shape index (κ2) is 8.19. The van der Waals surface area contributed by atoms with Gasteiger partial charge in [0.1, 0.15) is 0 Å². The fraction of sp³-hybridized carbons (Fsp3) is 0.250. The molecular weight excluding hydrogens is 344 g/mol. The van der Waals surface area contributed by atoms with E-state index in [4.69, 9.17) is 0 Å². The fourth-order valence-corrected chi connectivity index (χ4v) is 3.55. The molecule has 0 aliphatic heterocycles. The van der Waals surface area contributed by atoms with E-state index in [1.165, 1.54) is 22.9 Å². The number of carbonyl (C=O) groups excluding carboxylic acids is 1. The molecule has 3 aromatic rings. The SMILES string of the molecule is Cc1cc(C)cc(-n2ccnc2SCC(=O)NCc2cccc(C)n2)c1. The van der Waals surface area contributed by atoms with Crippen LogP contribution in [0.25, 0.3) is 5.69 Å². The van der Waals surface area contributed by atoms with Gasteiger partial charge in [-0.25, -0.2) is 4.98 Å². The molecule has 0 spiro atoms. The summed E-state index contributed by atoms with van der Waals surface area (Å²) in [7, 11) is 0. The number of imidazole rings is 1. The molecule has 6 heteroatoms. The van der Waals surface area contributed by atoms with Crippen molar-refractivity contribution < 1.29 is 4.79 Å². The number of hydrogen-bond donors (Lipinski definition) is 1. The first kappa shape index (κ1) is 18.2. The summed E-state index contributed by atoms with van der Waals surface area (Å²) >= 11 is 1.43. The van der Waals surface area contributed by atoms with E-state index in [0.29, 0.717) is 12.3 Å². The van der Waals surface area contributed by atoms with Gasteiger partial charge >= 0.3 is 0 Å². The lowest BCUT2D eigenvalue weighted by Crippen LogP contribution is -2.25. The number of amides is 1. The fourth-order valence-electron chi connectivity index (χ4n) is 2.75. The Hall–Kier alpha value is -2.60. The highest BCUT2D eigenvalue weighted by molar-refractivity contribution is 7.99. The van der Waals surface area contributed by atoms with Crippen molar-refractivity contribution in [3.8, 4) is 5.69 Å². The van der Waals surface area contributed by atoms with E-state index in [0.717, 1.165) is 22.2 Å². The Labute approximate surface area is 157 Å². The van der Waals surface area contributed by atoms with E-state index < -0.39 is 0 Å². The van der Waals surface area contributed by atoms with Crippen molar-refractivity contribution >= 4 is 17.7 Å². The Morgan fingerprint density at radius 2 is 1.92 bits per heavy atom. The summed E-state index contributed by atoms with van der Waals surface area (Å²) < 4.78 is 2.01. The number of pyridine rings is 1. The summed E-state index contributed by atoms with van der Waals surface area (Å²) in [5, 5.41) is 3.71. The Morgan fingerprint density at radius 1 is 1.15 bits per heavy atom. The molecule has 26 heavy (non-hydrogen) atoms. The first-order valence-corrected chi connectivity index (χ1v) is 9.44. The summed E-state index contributed by atoms with van der Waals surface area (Å²) in [5.74, 6) is 0.279. The van der Waals surface area contributed by atoms with Crippen molar-refractivity contribution in [2.24, 2.45) is 0 Å². The third-order valence-corrected chi connectivity index (χ3v) is 4.80. The van der Waals surface area contributed by atoms with Gasteiger partial charge in [-0.15, -0.1) is 0 Å². The molecule has 1 N–H and O–H groups in total. The average molecular weight is 366 g/mol. The predicted molar refractivity (Wildman–Crippen MR) is 105 cm³/mol. The normalized spacial score (nSPS) is 10.7. The first-order chi connectivity index (χ1) is 12.5. The minimum atomic E-state index is -0.0340. The lowest BCUT2D eigenvalue weighted by Gasteiger charge is -2.10. The van der Waals surface area contributed by atoms with Gasteiger partial charge in [0.05, 0.1) is 18.0 Å². The van der Waals surface area contributed by atoms with Crippen LogP contribution < -0.4 is 5.32 Å². The van der Waals surface area contributed by atoms with E-state index in [1.807, 2.05) is 35.9 Å². The third kappa shape index (κ3) is 4.73. The van der Waals surface area contributed by atoms with Gasteiger partial charge in [-0.1, -0.05) is 23.9 Å². The topological polar surface area (TPSA) is 59.8 Å². The molecule has 0 radical (unpaired) electrons. The second-order valence-electron chi connectivity index (χ2n) is 6.26. The molecule has 0 unspecified atom stereocenters. The molecule has 0 saturated heterocycles. The van der Waals surface area contributed by atoms with E-state index in [-0.39, 0.29) is 5.91 Å². The Bertz CT molecular complexity index is 899. The minimum absolute atomic E-state index is 0.0340. The molecule has 5 nitrogen and oxygen atoms in total. The van der Waals surface area contributed by atoms with Crippen LogP contribution in [0.4, 0.5) is 0 Å². The van der Waals surface area contributed by atoms with Gasteiger partial charge < -0.3 is 5.32 Å². The largest absolute Gasteiger partial charge is 0.350 e. The van der Waals surface area contributed by atoms with Crippen LogP contribution in [-0.2, 0) is 11.3 Å². The molecule has 2 heterocycles. The van der Waals surface area contributed by atoms with Crippen molar-refractivity contribution in [3.63, 3.8) is 0 Å².